The van der Waals surface area contributed by atoms with Gasteiger partial charge in [-0.1, -0.05) is 91.9 Å². The van der Waals surface area contributed by atoms with Crippen molar-refractivity contribution in [2.24, 2.45) is 10.8 Å². The van der Waals surface area contributed by atoms with E-state index in [9.17, 15) is 19.2 Å². The summed E-state index contributed by atoms with van der Waals surface area (Å²) in [5.74, 6) is 3.15. The van der Waals surface area contributed by atoms with E-state index in [-0.39, 0.29) is 40.6 Å². The van der Waals surface area contributed by atoms with Crippen LogP contribution in [0.15, 0.2) is 97.3 Å². The second kappa shape index (κ2) is 22.1. The van der Waals surface area contributed by atoms with E-state index < -0.39 is 24.3 Å². The minimum Gasteiger partial charge on any atom is -0.453 e. The summed E-state index contributed by atoms with van der Waals surface area (Å²) in [4.78, 5) is 73.6. The van der Waals surface area contributed by atoms with Gasteiger partial charge in [-0.15, -0.1) is 0 Å². The van der Waals surface area contributed by atoms with Gasteiger partial charge in [0.05, 0.1) is 50.1 Å². The number of ether oxygens (including phenoxy) is 2. The van der Waals surface area contributed by atoms with Crippen molar-refractivity contribution in [3.8, 4) is 44.8 Å². The molecule has 14 rings (SSSR count). The summed E-state index contributed by atoms with van der Waals surface area (Å²) in [6.45, 7) is 3.67. The molecule has 0 radical (unpaired) electrons. The van der Waals surface area contributed by atoms with Gasteiger partial charge in [-0.25, -0.2) is 19.6 Å². The largest absolute Gasteiger partial charge is 0.453 e. The van der Waals surface area contributed by atoms with Crippen molar-refractivity contribution in [2.45, 2.75) is 108 Å². The van der Waals surface area contributed by atoms with Crippen molar-refractivity contribution in [3.05, 3.63) is 131 Å². The Morgan fingerprint density at radius 3 is 1.57 bits per heavy atom. The van der Waals surface area contributed by atoms with Gasteiger partial charge in [-0.3, -0.25) is 9.59 Å². The van der Waals surface area contributed by atoms with E-state index >= 15 is 0 Å². The highest BCUT2D eigenvalue weighted by Crippen LogP contribution is 2.59. The molecule has 4 N–H and O–H groups in total. The van der Waals surface area contributed by atoms with Gasteiger partial charge >= 0.3 is 12.2 Å². The third kappa shape index (κ3) is 11.1. The van der Waals surface area contributed by atoms with Gasteiger partial charge in [0.25, 0.3) is 0 Å². The first-order valence-corrected chi connectivity index (χ1v) is 30.0. The Balaban J connectivity index is 0.780. The second-order valence-electron chi connectivity index (χ2n) is 22.3. The molecular weight excluding hydrogens is 1000 g/mol. The van der Waals surface area contributed by atoms with Gasteiger partial charge in [-0.05, 0) is 167 Å². The van der Waals surface area contributed by atoms with Crippen LogP contribution in [0.2, 0.25) is 0 Å². The summed E-state index contributed by atoms with van der Waals surface area (Å²) >= 11 is 3.30. The molecule has 4 aromatic carbocycles. The van der Waals surface area contributed by atoms with Gasteiger partial charge in [-0.2, -0.15) is 23.5 Å². The fourth-order valence-electron chi connectivity index (χ4n) is 12.2. The number of nitrogens with one attached hydrogen (secondary N) is 4. The minimum absolute atomic E-state index is 0.0801. The lowest BCUT2D eigenvalue weighted by Gasteiger charge is -2.28. The third-order valence-electron chi connectivity index (χ3n) is 17.2. The maximum atomic E-state index is 14.1. The number of amides is 4. The number of rotatable bonds is 16. The molecule has 5 atom stereocenters. The van der Waals surface area contributed by atoms with Crippen LogP contribution in [-0.4, -0.2) is 117 Å². The third-order valence-corrected chi connectivity index (χ3v) is 18.5. The Kier molecular flexibility index (Phi) is 15.1. The molecule has 5 unspecified atom stereocenters. The van der Waals surface area contributed by atoms with E-state index in [1.165, 1.54) is 58.7 Å². The van der Waals surface area contributed by atoms with Gasteiger partial charge < -0.3 is 39.9 Å². The number of methoxy groups -OCH3 is 2. The summed E-state index contributed by atoms with van der Waals surface area (Å²) in [5, 5.41) is 5.60. The van der Waals surface area contributed by atoms with Crippen molar-refractivity contribution >= 4 is 47.5 Å². The van der Waals surface area contributed by atoms with Crippen LogP contribution in [0.5, 0.6) is 0 Å². The molecule has 402 valence electrons. The Morgan fingerprint density at radius 1 is 0.636 bits per heavy atom. The number of aryl methyl sites for hydroxylation is 2. The number of benzene rings is 4. The van der Waals surface area contributed by atoms with Crippen LogP contribution in [0, 0.1) is 10.8 Å². The molecule has 2 saturated carbocycles. The van der Waals surface area contributed by atoms with E-state index in [1.54, 1.807) is 23.5 Å². The molecule has 4 bridgehead atoms. The number of hydrogen-bond acceptors (Lipinski definition) is 10. The summed E-state index contributed by atoms with van der Waals surface area (Å²) in [6.07, 6.45) is 16.4. The van der Waals surface area contributed by atoms with Crippen LogP contribution in [0.4, 0.5) is 9.59 Å². The van der Waals surface area contributed by atoms with Crippen molar-refractivity contribution in [3.63, 3.8) is 0 Å². The Bertz CT molecular complexity index is 3150. The van der Waals surface area contributed by atoms with Crippen LogP contribution < -0.4 is 10.6 Å². The lowest BCUT2D eigenvalue weighted by Crippen LogP contribution is -2.49. The molecule has 6 aromatic rings. The zero-order valence-electron chi connectivity index (χ0n) is 44.8. The van der Waals surface area contributed by atoms with Crippen molar-refractivity contribution < 1.29 is 28.7 Å². The normalized spacial score (nSPS) is 20.4. The number of nitrogens with zero attached hydrogens (tertiary/aromatic N) is 4. The monoisotopic (exact) mass is 1070 g/mol. The lowest BCUT2D eigenvalue weighted by molar-refractivity contribution is -0.135. The number of carbonyl (C=O) groups excluding carboxylic acids is 4. The smallest absolute Gasteiger partial charge is 0.407 e. The summed E-state index contributed by atoms with van der Waals surface area (Å²) in [6, 6.07) is 29.9. The molecule has 6 aliphatic carbocycles. The Hall–Kier alpha value is -6.52. The average molecular weight is 1080 g/mol. The maximum absolute atomic E-state index is 14.1. The first kappa shape index (κ1) is 52.5. The molecule has 2 aliphatic heterocycles. The zero-order chi connectivity index (χ0) is 53.4. The number of alkyl carbamates (subject to hydrolysis) is 2. The number of aromatic amines is 2. The predicted octanol–water partition coefficient (Wildman–Crippen LogP) is 11.3. The lowest BCUT2D eigenvalue weighted by atomic mass is 9.84. The van der Waals surface area contributed by atoms with Crippen LogP contribution in [0.1, 0.15) is 110 Å². The molecule has 2 aromatic heterocycles. The van der Waals surface area contributed by atoms with Crippen LogP contribution in [-0.2, 0) is 38.3 Å². The van der Waals surface area contributed by atoms with E-state index in [1.807, 2.05) is 34.7 Å². The fraction of sp³-hybridized carbons (Fsp3) is 0.443. The molecule has 77 heavy (non-hydrogen) atoms. The summed E-state index contributed by atoms with van der Waals surface area (Å²) in [5.41, 5.74) is 14.2. The van der Waals surface area contributed by atoms with Crippen LogP contribution in [0.25, 0.3) is 44.8 Å². The molecule has 2 spiro atoms. The van der Waals surface area contributed by atoms with Gasteiger partial charge in [0.15, 0.2) is 0 Å². The predicted molar refractivity (Wildman–Crippen MR) is 305 cm³/mol. The quantitative estimate of drug-likeness (QED) is 0.0730. The number of likely N-dealkylation sites (tertiary alicyclic amines) is 2. The number of aromatic nitrogens is 4. The summed E-state index contributed by atoms with van der Waals surface area (Å²) in [7, 11) is 2.65. The fourth-order valence-corrected chi connectivity index (χ4v) is 13.2. The number of carbonyl (C=O) groups is 4. The molecule has 4 fully saturated rings. The van der Waals surface area contributed by atoms with E-state index in [0.29, 0.717) is 25.9 Å². The van der Waals surface area contributed by atoms with Crippen LogP contribution >= 0.6 is 23.5 Å². The highest BCUT2D eigenvalue weighted by Gasteiger charge is 2.56. The summed E-state index contributed by atoms with van der Waals surface area (Å²) < 4.78 is 9.77. The number of thioether (sulfide) groups is 2. The topological polar surface area (TPSA) is 175 Å². The van der Waals surface area contributed by atoms with E-state index in [0.717, 1.165) is 103 Å². The molecule has 16 heteroatoms. The Morgan fingerprint density at radius 2 is 1.10 bits per heavy atom. The number of H-pyrrole nitrogens is 2. The molecule has 4 heterocycles. The average Bonchev–Trinajstić information content (AvgIpc) is 4.04. The SMILES string of the molecule is COC(=O)NC(CCSC)C(=O)N1CC2(CC2)CC1c1ncc(-c2ccc(-c3cc4ccc3CCc3ccc(c(-c5ccc(-c6cnc(C7CC8(CC8)CN7C(=O)C(CCSC)NC(=O)OC)[nH]6)cc5)c3)CC4C)cc2)[nH]1. The van der Waals surface area contributed by atoms with Gasteiger partial charge in [0, 0.05) is 13.1 Å². The van der Waals surface area contributed by atoms with E-state index in [2.05, 4.69) is 112 Å². The highest BCUT2D eigenvalue weighted by atomic mass is 32.2. The van der Waals surface area contributed by atoms with Crippen molar-refractivity contribution in [2.75, 3.05) is 51.3 Å². The number of hydrogen-bond donors (Lipinski definition) is 4. The molecule has 8 aliphatic rings. The molecule has 2 saturated heterocycles. The zero-order valence-corrected chi connectivity index (χ0v) is 46.4. The van der Waals surface area contributed by atoms with Crippen molar-refractivity contribution in [1.29, 1.82) is 0 Å². The Labute approximate surface area is 460 Å². The first-order chi connectivity index (χ1) is 37.4. The standard InChI is InChI=1S/C61H70N8O6S2/c1-37-28-45-9-7-38(29-46(45)40-10-15-42(16-11-40)50-33-62-54(64-50)52-31-60(22-23-60)35-68(52)56(70)48(20-26-76-4)66-58(72)74-2)6-8-39-14-19-44(37)30-47(39)41-12-17-43(18-13-41)51-34-63-55(65-51)53-32-61(24-25-61)36-69(53)57(71)49(21-27-77-5)67-59(73)75-3/h7,9-19,29-30,33-34,37,48-49,52-53H,6,8,20-28,31-32,35-36H2,1-5H3,(H,62,64)(H,63,65)(H,66,72)(H,67,73). The molecular formula is C61H70N8O6S2. The highest BCUT2D eigenvalue weighted by molar-refractivity contribution is 7.98. The van der Waals surface area contributed by atoms with E-state index in [4.69, 9.17) is 19.4 Å². The van der Waals surface area contributed by atoms with Gasteiger partial charge in [0.2, 0.25) is 11.8 Å². The molecule has 14 nitrogen and oxygen atoms in total. The second-order valence-corrected chi connectivity index (χ2v) is 24.3. The maximum Gasteiger partial charge on any atom is 0.407 e. The number of imidazole rings is 2. The van der Waals surface area contributed by atoms with Crippen LogP contribution in [0.3, 0.4) is 0 Å². The minimum atomic E-state index is -0.656. The molecule has 4 amide bonds. The van der Waals surface area contributed by atoms with Crippen molar-refractivity contribution in [1.82, 2.24) is 40.4 Å². The van der Waals surface area contributed by atoms with Gasteiger partial charge in [0.1, 0.15) is 23.7 Å². The first-order valence-electron chi connectivity index (χ1n) is 27.2.